The summed E-state index contributed by atoms with van der Waals surface area (Å²) < 4.78 is 4.81. The van der Waals surface area contributed by atoms with Crippen LogP contribution in [0.5, 0.6) is 0 Å². The van der Waals surface area contributed by atoms with Crippen LogP contribution in [0.2, 0.25) is 0 Å². The lowest BCUT2D eigenvalue weighted by Gasteiger charge is -2.09. The molecular formula is C22H20N2O2. The third kappa shape index (κ3) is 3.70. The maximum atomic E-state index is 11.8. The zero-order valence-corrected chi connectivity index (χ0v) is 15.1. The summed E-state index contributed by atoms with van der Waals surface area (Å²) in [4.78, 5) is 11.8. The van der Waals surface area contributed by atoms with Crippen LogP contribution >= 0.6 is 0 Å². The van der Waals surface area contributed by atoms with Gasteiger partial charge in [-0.1, -0.05) is 48.5 Å². The highest BCUT2D eigenvalue weighted by Gasteiger charge is 2.11. The lowest BCUT2D eigenvalue weighted by Crippen LogP contribution is -2.03. The second-order valence-electron chi connectivity index (χ2n) is 6.02. The van der Waals surface area contributed by atoms with Crippen molar-refractivity contribution in [3.8, 4) is 11.1 Å². The Bertz CT molecular complexity index is 977. The Morgan fingerprint density at radius 1 is 0.808 bits per heavy atom. The van der Waals surface area contributed by atoms with Crippen LogP contribution in [0, 0.1) is 13.8 Å². The minimum absolute atomic E-state index is 0.332. The Balaban J connectivity index is 1.99. The van der Waals surface area contributed by atoms with E-state index in [4.69, 9.17) is 4.74 Å². The Labute approximate surface area is 153 Å². The molecule has 0 N–H and O–H groups in total. The molecule has 0 aliphatic carbocycles. The summed E-state index contributed by atoms with van der Waals surface area (Å²) in [5.41, 5.74) is 6.07. The fourth-order valence-electron chi connectivity index (χ4n) is 2.76. The monoisotopic (exact) mass is 344 g/mol. The van der Waals surface area contributed by atoms with E-state index in [2.05, 4.69) is 10.2 Å². The number of hydrogen-bond donors (Lipinski definition) is 0. The molecule has 0 heterocycles. The Morgan fingerprint density at radius 2 is 1.46 bits per heavy atom. The van der Waals surface area contributed by atoms with E-state index in [-0.39, 0.29) is 5.97 Å². The molecule has 0 atom stereocenters. The number of carbonyl (C=O) groups is 1. The van der Waals surface area contributed by atoms with Crippen LogP contribution in [0.1, 0.15) is 21.5 Å². The van der Waals surface area contributed by atoms with Crippen LogP contribution in [-0.2, 0) is 4.74 Å². The molecule has 130 valence electrons. The summed E-state index contributed by atoms with van der Waals surface area (Å²) in [7, 11) is 1.39. The highest BCUT2D eigenvalue weighted by molar-refractivity contribution is 5.92. The largest absolute Gasteiger partial charge is 0.465 e. The van der Waals surface area contributed by atoms with Gasteiger partial charge in [0, 0.05) is 5.56 Å². The fraction of sp³-hybridized carbons (Fsp3) is 0.136. The first-order chi connectivity index (χ1) is 12.6. The number of esters is 1. The number of methoxy groups -OCH3 is 1. The minimum atomic E-state index is -0.332. The van der Waals surface area contributed by atoms with Crippen molar-refractivity contribution in [3.63, 3.8) is 0 Å². The predicted molar refractivity (Wildman–Crippen MR) is 103 cm³/mol. The summed E-state index contributed by atoms with van der Waals surface area (Å²) in [5.74, 6) is -0.332. The molecule has 0 saturated heterocycles. The zero-order valence-electron chi connectivity index (χ0n) is 15.1. The number of ether oxygens (including phenoxy) is 1. The molecule has 0 bridgehead atoms. The maximum absolute atomic E-state index is 11.8. The molecule has 0 unspecified atom stereocenters. The summed E-state index contributed by atoms with van der Waals surface area (Å²) in [6.45, 7) is 3.91. The van der Waals surface area contributed by atoms with Crippen molar-refractivity contribution < 1.29 is 9.53 Å². The SMILES string of the molecule is COC(=O)c1ccc(-c2ccccc2N=Nc2ccccc2C)cc1C. The molecule has 0 aromatic heterocycles. The summed E-state index contributed by atoms with van der Waals surface area (Å²) in [6, 6.07) is 21.4. The molecule has 4 heteroatoms. The third-order valence-corrected chi connectivity index (χ3v) is 4.23. The molecule has 26 heavy (non-hydrogen) atoms. The van der Waals surface area contributed by atoms with Gasteiger partial charge in [-0.3, -0.25) is 0 Å². The van der Waals surface area contributed by atoms with Crippen LogP contribution in [0.15, 0.2) is 77.0 Å². The minimum Gasteiger partial charge on any atom is -0.465 e. The molecular weight excluding hydrogens is 324 g/mol. The van der Waals surface area contributed by atoms with Gasteiger partial charge in [0.1, 0.15) is 0 Å². The molecule has 0 spiro atoms. The van der Waals surface area contributed by atoms with E-state index in [0.717, 1.165) is 33.6 Å². The van der Waals surface area contributed by atoms with E-state index in [9.17, 15) is 4.79 Å². The Hall–Kier alpha value is -3.27. The van der Waals surface area contributed by atoms with E-state index in [1.54, 1.807) is 6.07 Å². The zero-order chi connectivity index (χ0) is 18.5. The molecule has 3 rings (SSSR count). The van der Waals surface area contributed by atoms with Crippen LogP contribution in [0.3, 0.4) is 0 Å². The second kappa shape index (κ2) is 7.74. The first kappa shape index (κ1) is 17.5. The molecule has 3 aromatic rings. The van der Waals surface area contributed by atoms with Crippen molar-refractivity contribution in [2.24, 2.45) is 10.2 Å². The van der Waals surface area contributed by atoms with Gasteiger partial charge in [0.05, 0.1) is 24.0 Å². The van der Waals surface area contributed by atoms with Crippen molar-refractivity contribution in [2.75, 3.05) is 7.11 Å². The first-order valence-corrected chi connectivity index (χ1v) is 8.36. The number of benzene rings is 3. The smallest absolute Gasteiger partial charge is 0.338 e. The van der Waals surface area contributed by atoms with Gasteiger partial charge in [0.25, 0.3) is 0 Å². The number of aryl methyl sites for hydroxylation is 2. The van der Waals surface area contributed by atoms with Crippen molar-refractivity contribution in [2.45, 2.75) is 13.8 Å². The van der Waals surface area contributed by atoms with Gasteiger partial charge in [-0.15, -0.1) is 5.11 Å². The fourth-order valence-corrected chi connectivity index (χ4v) is 2.76. The number of nitrogens with zero attached hydrogens (tertiary/aromatic N) is 2. The molecule has 3 aromatic carbocycles. The van der Waals surface area contributed by atoms with Crippen LogP contribution in [-0.4, -0.2) is 13.1 Å². The van der Waals surface area contributed by atoms with Gasteiger partial charge in [-0.05, 0) is 48.7 Å². The number of carbonyl (C=O) groups excluding carboxylic acids is 1. The average Bonchev–Trinajstić information content (AvgIpc) is 2.67. The lowest BCUT2D eigenvalue weighted by molar-refractivity contribution is 0.0600. The normalized spacial score (nSPS) is 10.9. The molecule has 4 nitrogen and oxygen atoms in total. The van der Waals surface area contributed by atoms with E-state index >= 15 is 0 Å². The van der Waals surface area contributed by atoms with Gasteiger partial charge >= 0.3 is 5.97 Å². The molecule has 0 amide bonds. The van der Waals surface area contributed by atoms with E-state index in [0.29, 0.717) is 5.56 Å². The summed E-state index contributed by atoms with van der Waals surface area (Å²) in [6.07, 6.45) is 0. The quantitative estimate of drug-likeness (QED) is 0.419. The second-order valence-corrected chi connectivity index (χ2v) is 6.02. The van der Waals surface area contributed by atoms with Crippen LogP contribution < -0.4 is 0 Å². The first-order valence-electron chi connectivity index (χ1n) is 8.36. The maximum Gasteiger partial charge on any atom is 0.338 e. The van der Waals surface area contributed by atoms with Crippen molar-refractivity contribution >= 4 is 17.3 Å². The highest BCUT2D eigenvalue weighted by Crippen LogP contribution is 2.33. The van der Waals surface area contributed by atoms with Crippen LogP contribution in [0.25, 0.3) is 11.1 Å². The number of hydrogen-bond acceptors (Lipinski definition) is 4. The Kier molecular flexibility index (Phi) is 5.23. The summed E-state index contributed by atoms with van der Waals surface area (Å²) >= 11 is 0. The molecule has 0 fully saturated rings. The lowest BCUT2D eigenvalue weighted by atomic mass is 9.99. The van der Waals surface area contributed by atoms with Crippen molar-refractivity contribution in [3.05, 3.63) is 83.4 Å². The number of rotatable bonds is 4. The molecule has 0 aliphatic heterocycles. The van der Waals surface area contributed by atoms with Crippen molar-refractivity contribution in [1.82, 2.24) is 0 Å². The van der Waals surface area contributed by atoms with Gasteiger partial charge in [-0.2, -0.15) is 5.11 Å². The van der Waals surface area contributed by atoms with Gasteiger partial charge < -0.3 is 4.74 Å². The van der Waals surface area contributed by atoms with E-state index < -0.39 is 0 Å². The van der Waals surface area contributed by atoms with Crippen molar-refractivity contribution in [1.29, 1.82) is 0 Å². The van der Waals surface area contributed by atoms with Gasteiger partial charge in [0.2, 0.25) is 0 Å². The molecule has 0 radical (unpaired) electrons. The highest BCUT2D eigenvalue weighted by atomic mass is 16.5. The van der Waals surface area contributed by atoms with Gasteiger partial charge in [0.15, 0.2) is 0 Å². The molecule has 0 aliphatic rings. The number of azo groups is 1. The van der Waals surface area contributed by atoms with Gasteiger partial charge in [-0.25, -0.2) is 4.79 Å². The third-order valence-electron chi connectivity index (χ3n) is 4.23. The summed E-state index contributed by atoms with van der Waals surface area (Å²) in [5, 5.41) is 8.84. The van der Waals surface area contributed by atoms with Crippen LogP contribution in [0.4, 0.5) is 11.4 Å². The standard InChI is InChI=1S/C22H20N2O2/c1-15-8-4-6-10-20(15)23-24-21-11-7-5-9-19(21)17-12-13-18(16(2)14-17)22(25)26-3/h4-14H,1-3H3. The molecule has 0 saturated carbocycles. The van der Waals surface area contributed by atoms with E-state index in [1.807, 2.05) is 74.5 Å². The average molecular weight is 344 g/mol. The van der Waals surface area contributed by atoms with E-state index in [1.165, 1.54) is 7.11 Å². The topological polar surface area (TPSA) is 51.0 Å². The Morgan fingerprint density at radius 3 is 2.15 bits per heavy atom. The predicted octanol–water partition coefficient (Wildman–Crippen LogP) is 6.17.